The molecule has 7 heteroatoms. The number of fused-ring (bicyclic) bond motifs is 1. The van der Waals surface area contributed by atoms with E-state index in [-0.39, 0.29) is 5.91 Å². The molecule has 0 bridgehead atoms. The molecule has 1 aromatic rings. The molecule has 1 fully saturated rings. The third-order valence-corrected chi connectivity index (χ3v) is 4.98. The van der Waals surface area contributed by atoms with Crippen molar-refractivity contribution in [2.75, 3.05) is 26.9 Å². The Labute approximate surface area is 160 Å². The van der Waals surface area contributed by atoms with Crippen molar-refractivity contribution in [2.45, 2.75) is 51.0 Å². The standard InChI is InChI=1S/C20H30N4O3/c1-21-20(23-12-10-19(25)24-16-5-3-2-4-6-16)22-11-9-15-7-8-17-18(13-15)27-14-26-17/h7-8,13,16H,2-6,9-12,14H2,1H3,(H,24,25)(H2,21,22,23). The van der Waals surface area contributed by atoms with Crippen LogP contribution < -0.4 is 25.4 Å². The van der Waals surface area contributed by atoms with Gasteiger partial charge in [0.2, 0.25) is 12.7 Å². The molecule has 1 aliphatic heterocycles. The summed E-state index contributed by atoms with van der Waals surface area (Å²) in [6, 6.07) is 6.36. The van der Waals surface area contributed by atoms with Crippen molar-refractivity contribution < 1.29 is 14.3 Å². The summed E-state index contributed by atoms with van der Waals surface area (Å²) in [5.41, 5.74) is 1.18. The van der Waals surface area contributed by atoms with Gasteiger partial charge in [-0.3, -0.25) is 9.79 Å². The molecule has 2 aliphatic rings. The summed E-state index contributed by atoms with van der Waals surface area (Å²) in [5.74, 6) is 2.43. The quantitative estimate of drug-likeness (QED) is 0.502. The first-order valence-electron chi connectivity index (χ1n) is 9.87. The number of hydrogen-bond acceptors (Lipinski definition) is 4. The molecule has 0 saturated heterocycles. The molecule has 1 heterocycles. The summed E-state index contributed by atoms with van der Waals surface area (Å²) < 4.78 is 10.7. The van der Waals surface area contributed by atoms with Crippen molar-refractivity contribution in [1.29, 1.82) is 0 Å². The zero-order valence-electron chi connectivity index (χ0n) is 16.1. The third kappa shape index (κ3) is 6.05. The number of aliphatic imine (C=N–C) groups is 1. The number of carbonyl (C=O) groups is 1. The van der Waals surface area contributed by atoms with Crippen LogP contribution in [0.25, 0.3) is 0 Å². The van der Waals surface area contributed by atoms with Crippen LogP contribution in [0, 0.1) is 0 Å². The molecule has 0 spiro atoms. The van der Waals surface area contributed by atoms with E-state index in [0.717, 1.165) is 37.3 Å². The van der Waals surface area contributed by atoms with Crippen LogP contribution in [0.2, 0.25) is 0 Å². The van der Waals surface area contributed by atoms with Crippen LogP contribution in [-0.2, 0) is 11.2 Å². The predicted octanol–water partition coefficient (Wildman–Crippen LogP) is 1.96. The summed E-state index contributed by atoms with van der Waals surface area (Å²) in [4.78, 5) is 16.2. The molecule has 0 unspecified atom stereocenters. The highest BCUT2D eigenvalue weighted by Crippen LogP contribution is 2.32. The fraction of sp³-hybridized carbons (Fsp3) is 0.600. The second-order valence-electron chi connectivity index (χ2n) is 7.02. The fourth-order valence-corrected chi connectivity index (χ4v) is 3.48. The van der Waals surface area contributed by atoms with E-state index >= 15 is 0 Å². The minimum absolute atomic E-state index is 0.116. The lowest BCUT2D eigenvalue weighted by Crippen LogP contribution is -2.41. The molecular weight excluding hydrogens is 344 g/mol. The van der Waals surface area contributed by atoms with Gasteiger partial charge in [0.05, 0.1) is 0 Å². The Balaban J connectivity index is 1.31. The van der Waals surface area contributed by atoms with E-state index in [4.69, 9.17) is 9.47 Å². The minimum Gasteiger partial charge on any atom is -0.454 e. The number of nitrogens with one attached hydrogen (secondary N) is 3. The van der Waals surface area contributed by atoms with E-state index in [1.807, 2.05) is 18.2 Å². The Bertz CT molecular complexity index is 657. The van der Waals surface area contributed by atoms with Gasteiger partial charge >= 0.3 is 0 Å². The first kappa shape index (κ1) is 19.3. The summed E-state index contributed by atoms with van der Waals surface area (Å²) in [6.07, 6.45) is 7.28. The molecule has 0 radical (unpaired) electrons. The fourth-order valence-electron chi connectivity index (χ4n) is 3.48. The van der Waals surface area contributed by atoms with Gasteiger partial charge in [-0.15, -0.1) is 0 Å². The first-order chi connectivity index (χ1) is 13.2. The zero-order valence-corrected chi connectivity index (χ0v) is 16.1. The summed E-state index contributed by atoms with van der Waals surface area (Å²) >= 11 is 0. The van der Waals surface area contributed by atoms with Crippen LogP contribution in [0.3, 0.4) is 0 Å². The maximum atomic E-state index is 12.0. The van der Waals surface area contributed by atoms with Crippen molar-refractivity contribution >= 4 is 11.9 Å². The Morgan fingerprint density at radius 1 is 1.11 bits per heavy atom. The van der Waals surface area contributed by atoms with Gasteiger partial charge in [0, 0.05) is 32.6 Å². The zero-order chi connectivity index (χ0) is 18.9. The number of nitrogens with zero attached hydrogens (tertiary/aromatic N) is 1. The summed E-state index contributed by atoms with van der Waals surface area (Å²) in [7, 11) is 1.73. The SMILES string of the molecule is CN=C(NCCC(=O)NC1CCCCC1)NCCc1ccc2c(c1)OCO2. The monoisotopic (exact) mass is 374 g/mol. The lowest BCUT2D eigenvalue weighted by molar-refractivity contribution is -0.121. The van der Waals surface area contributed by atoms with Gasteiger partial charge in [-0.2, -0.15) is 0 Å². The smallest absolute Gasteiger partial charge is 0.231 e. The van der Waals surface area contributed by atoms with Crippen LogP contribution in [0.4, 0.5) is 0 Å². The Kier molecular flexibility index (Phi) is 7.19. The highest BCUT2D eigenvalue weighted by molar-refractivity contribution is 5.81. The van der Waals surface area contributed by atoms with Gasteiger partial charge in [0.15, 0.2) is 17.5 Å². The molecule has 148 valence electrons. The topological polar surface area (TPSA) is 84.0 Å². The molecular formula is C20H30N4O3. The predicted molar refractivity (Wildman–Crippen MR) is 105 cm³/mol. The number of benzene rings is 1. The van der Waals surface area contributed by atoms with Gasteiger partial charge in [-0.1, -0.05) is 25.3 Å². The first-order valence-corrected chi connectivity index (χ1v) is 9.87. The highest BCUT2D eigenvalue weighted by atomic mass is 16.7. The van der Waals surface area contributed by atoms with E-state index in [0.29, 0.717) is 31.8 Å². The van der Waals surface area contributed by atoms with Crippen molar-refractivity contribution in [3.63, 3.8) is 0 Å². The average Bonchev–Trinajstić information content (AvgIpc) is 3.15. The lowest BCUT2D eigenvalue weighted by atomic mass is 9.95. The highest BCUT2D eigenvalue weighted by Gasteiger charge is 2.15. The molecule has 7 nitrogen and oxygen atoms in total. The van der Waals surface area contributed by atoms with E-state index in [1.165, 1.54) is 24.8 Å². The van der Waals surface area contributed by atoms with E-state index in [2.05, 4.69) is 20.9 Å². The molecule has 1 saturated carbocycles. The Morgan fingerprint density at radius 2 is 1.89 bits per heavy atom. The number of hydrogen-bond donors (Lipinski definition) is 3. The molecule has 1 amide bonds. The largest absolute Gasteiger partial charge is 0.454 e. The molecule has 3 rings (SSSR count). The van der Waals surface area contributed by atoms with Crippen LogP contribution in [-0.4, -0.2) is 44.8 Å². The summed E-state index contributed by atoms with van der Waals surface area (Å²) in [6.45, 7) is 1.61. The minimum atomic E-state index is 0.116. The number of rotatable bonds is 7. The molecule has 3 N–H and O–H groups in total. The number of guanidine groups is 1. The van der Waals surface area contributed by atoms with Crippen LogP contribution >= 0.6 is 0 Å². The van der Waals surface area contributed by atoms with Crippen molar-refractivity contribution in [1.82, 2.24) is 16.0 Å². The van der Waals surface area contributed by atoms with Crippen molar-refractivity contribution in [3.05, 3.63) is 23.8 Å². The van der Waals surface area contributed by atoms with Gasteiger partial charge < -0.3 is 25.4 Å². The van der Waals surface area contributed by atoms with Gasteiger partial charge in [-0.05, 0) is 37.0 Å². The maximum absolute atomic E-state index is 12.0. The van der Waals surface area contributed by atoms with Crippen LogP contribution in [0.5, 0.6) is 11.5 Å². The van der Waals surface area contributed by atoms with Gasteiger partial charge in [-0.25, -0.2) is 0 Å². The van der Waals surface area contributed by atoms with Crippen LogP contribution in [0.1, 0.15) is 44.1 Å². The Morgan fingerprint density at radius 3 is 2.70 bits per heavy atom. The summed E-state index contributed by atoms with van der Waals surface area (Å²) in [5, 5.41) is 9.61. The van der Waals surface area contributed by atoms with E-state index in [1.54, 1.807) is 7.05 Å². The molecule has 27 heavy (non-hydrogen) atoms. The third-order valence-electron chi connectivity index (χ3n) is 4.98. The van der Waals surface area contributed by atoms with Crippen molar-refractivity contribution in [3.8, 4) is 11.5 Å². The van der Waals surface area contributed by atoms with E-state index in [9.17, 15) is 4.79 Å². The second-order valence-corrected chi connectivity index (χ2v) is 7.02. The normalized spacial score (nSPS) is 16.9. The van der Waals surface area contributed by atoms with E-state index < -0.39 is 0 Å². The molecule has 0 atom stereocenters. The van der Waals surface area contributed by atoms with Gasteiger partial charge in [0.1, 0.15) is 0 Å². The van der Waals surface area contributed by atoms with Gasteiger partial charge in [0.25, 0.3) is 0 Å². The maximum Gasteiger partial charge on any atom is 0.231 e. The number of amides is 1. The second kappa shape index (κ2) is 10.0. The molecule has 1 aromatic carbocycles. The van der Waals surface area contributed by atoms with Crippen LogP contribution in [0.15, 0.2) is 23.2 Å². The average molecular weight is 374 g/mol. The number of ether oxygens (including phenoxy) is 2. The van der Waals surface area contributed by atoms with Crippen molar-refractivity contribution in [2.24, 2.45) is 4.99 Å². The Hall–Kier alpha value is -2.44. The lowest BCUT2D eigenvalue weighted by Gasteiger charge is -2.22. The molecule has 1 aliphatic carbocycles. The molecule has 0 aromatic heterocycles. The number of carbonyl (C=O) groups excluding carboxylic acids is 1.